The van der Waals surface area contributed by atoms with E-state index < -0.39 is 0 Å². The van der Waals surface area contributed by atoms with Crippen LogP contribution in [0.2, 0.25) is 0 Å². The van der Waals surface area contributed by atoms with Gasteiger partial charge in [-0.3, -0.25) is 4.79 Å². The molecule has 0 fully saturated rings. The van der Waals surface area contributed by atoms with Gasteiger partial charge in [0.05, 0.1) is 24.8 Å². The largest absolute Gasteiger partial charge is 0.494 e. The number of pyridine rings is 1. The van der Waals surface area contributed by atoms with Crippen molar-refractivity contribution in [1.82, 2.24) is 15.3 Å². The maximum absolute atomic E-state index is 12.3. The molecule has 6 nitrogen and oxygen atoms in total. The minimum Gasteiger partial charge on any atom is -0.494 e. The van der Waals surface area contributed by atoms with Crippen molar-refractivity contribution in [3.8, 4) is 22.2 Å². The Hall–Kier alpha value is -2.93. The molecule has 0 aliphatic heterocycles. The van der Waals surface area contributed by atoms with E-state index in [0.29, 0.717) is 19.0 Å². The summed E-state index contributed by atoms with van der Waals surface area (Å²) in [5, 5.41) is 5.72. The Balaban J connectivity index is 1.51. The first-order chi connectivity index (χ1) is 14.0. The summed E-state index contributed by atoms with van der Waals surface area (Å²) in [5.74, 6) is 1.35. The second-order valence-corrected chi connectivity index (χ2v) is 7.58. The van der Waals surface area contributed by atoms with Crippen LogP contribution in [0.5, 0.6) is 11.6 Å². The van der Waals surface area contributed by atoms with E-state index in [-0.39, 0.29) is 18.4 Å². The van der Waals surface area contributed by atoms with Gasteiger partial charge in [0.25, 0.3) is 0 Å². The first kappa shape index (κ1) is 20.8. The summed E-state index contributed by atoms with van der Waals surface area (Å²) in [5.41, 5.74) is 2.69. The van der Waals surface area contributed by atoms with Gasteiger partial charge < -0.3 is 14.8 Å². The number of amides is 1. The molecule has 3 aromatic rings. The number of nitrogens with zero attached hydrogens (tertiary/aromatic N) is 2. The highest BCUT2D eigenvalue weighted by Gasteiger charge is 2.10. The molecular formula is C22H25N3O3S. The molecule has 0 atom stereocenters. The van der Waals surface area contributed by atoms with Gasteiger partial charge in [0.15, 0.2) is 0 Å². The van der Waals surface area contributed by atoms with Crippen LogP contribution in [-0.2, 0) is 17.8 Å². The van der Waals surface area contributed by atoms with Gasteiger partial charge in [-0.15, -0.1) is 11.3 Å². The van der Waals surface area contributed by atoms with Crippen molar-refractivity contribution < 1.29 is 14.3 Å². The molecule has 152 valence electrons. The molecule has 1 amide bonds. The first-order valence-electron chi connectivity index (χ1n) is 9.59. The predicted octanol–water partition coefficient (Wildman–Crippen LogP) is 4.25. The second kappa shape index (κ2) is 10.0. The van der Waals surface area contributed by atoms with Crippen molar-refractivity contribution in [2.45, 2.75) is 39.8 Å². The number of benzene rings is 1. The molecule has 0 saturated heterocycles. The fourth-order valence-electron chi connectivity index (χ4n) is 2.64. The zero-order valence-electron chi connectivity index (χ0n) is 16.8. The Bertz CT molecular complexity index is 921. The molecule has 0 radical (unpaired) electrons. The van der Waals surface area contributed by atoms with Gasteiger partial charge in [-0.25, -0.2) is 9.97 Å². The fourth-order valence-corrected chi connectivity index (χ4v) is 3.46. The quantitative estimate of drug-likeness (QED) is 0.570. The van der Waals surface area contributed by atoms with Crippen LogP contribution in [0.15, 0.2) is 48.0 Å². The maximum Gasteiger partial charge on any atom is 0.226 e. The Kier molecular flexibility index (Phi) is 7.19. The van der Waals surface area contributed by atoms with Crippen molar-refractivity contribution in [2.24, 2.45) is 0 Å². The highest BCUT2D eigenvalue weighted by atomic mass is 32.1. The number of thiazole rings is 1. The number of rotatable bonds is 9. The minimum atomic E-state index is -0.0731. The molecule has 1 aromatic carbocycles. The van der Waals surface area contributed by atoms with Crippen molar-refractivity contribution >= 4 is 17.2 Å². The third kappa shape index (κ3) is 6.29. The molecular weight excluding hydrogens is 386 g/mol. The number of hydrogen-bond acceptors (Lipinski definition) is 6. The van der Waals surface area contributed by atoms with Crippen LogP contribution in [-0.4, -0.2) is 28.6 Å². The standard InChI is InChI=1S/C22H25N3O3S/c1-4-27-19-8-6-17(7-9-19)22-25-18(14-29-22)11-20(26)23-12-16-5-10-21(24-13-16)28-15(2)3/h5-10,13-15H,4,11-12H2,1-3H3,(H,23,26). The molecule has 7 heteroatoms. The summed E-state index contributed by atoms with van der Waals surface area (Å²) in [7, 11) is 0. The molecule has 2 aromatic heterocycles. The molecule has 1 N–H and O–H groups in total. The highest BCUT2D eigenvalue weighted by molar-refractivity contribution is 7.13. The van der Waals surface area contributed by atoms with E-state index in [1.807, 2.05) is 62.5 Å². The average Bonchev–Trinajstić information content (AvgIpc) is 3.16. The highest BCUT2D eigenvalue weighted by Crippen LogP contribution is 2.26. The number of nitrogens with one attached hydrogen (secondary N) is 1. The third-order valence-corrected chi connectivity index (χ3v) is 4.89. The van der Waals surface area contributed by atoms with E-state index in [1.165, 1.54) is 11.3 Å². The predicted molar refractivity (Wildman–Crippen MR) is 114 cm³/mol. The van der Waals surface area contributed by atoms with Crippen LogP contribution in [0.25, 0.3) is 10.6 Å². The van der Waals surface area contributed by atoms with E-state index in [2.05, 4.69) is 15.3 Å². The summed E-state index contributed by atoms with van der Waals surface area (Å²) in [6, 6.07) is 11.5. The summed E-state index contributed by atoms with van der Waals surface area (Å²) in [6.07, 6.45) is 2.04. The van der Waals surface area contributed by atoms with E-state index in [4.69, 9.17) is 9.47 Å². The van der Waals surface area contributed by atoms with Crippen molar-refractivity contribution in [3.63, 3.8) is 0 Å². The first-order valence-corrected chi connectivity index (χ1v) is 10.5. The van der Waals surface area contributed by atoms with Gasteiger partial charge in [0.2, 0.25) is 11.8 Å². The van der Waals surface area contributed by atoms with Crippen LogP contribution in [0.3, 0.4) is 0 Å². The number of carbonyl (C=O) groups is 1. The summed E-state index contributed by atoms with van der Waals surface area (Å²) in [6.45, 7) is 6.93. The van der Waals surface area contributed by atoms with E-state index in [9.17, 15) is 4.79 Å². The molecule has 0 unspecified atom stereocenters. The topological polar surface area (TPSA) is 73.3 Å². The van der Waals surface area contributed by atoms with Crippen LogP contribution in [0.1, 0.15) is 32.0 Å². The lowest BCUT2D eigenvalue weighted by Crippen LogP contribution is -2.24. The van der Waals surface area contributed by atoms with Crippen molar-refractivity contribution in [3.05, 3.63) is 59.2 Å². The molecule has 2 heterocycles. The van der Waals surface area contributed by atoms with Crippen molar-refractivity contribution in [2.75, 3.05) is 6.61 Å². The summed E-state index contributed by atoms with van der Waals surface area (Å²) < 4.78 is 11.0. The lowest BCUT2D eigenvalue weighted by molar-refractivity contribution is -0.120. The summed E-state index contributed by atoms with van der Waals surface area (Å²) in [4.78, 5) is 21.1. The minimum absolute atomic E-state index is 0.0731. The molecule has 0 aliphatic carbocycles. The Morgan fingerprint density at radius 3 is 2.62 bits per heavy atom. The molecule has 0 bridgehead atoms. The zero-order chi connectivity index (χ0) is 20.6. The van der Waals surface area contributed by atoms with Gasteiger partial charge in [0, 0.05) is 29.8 Å². The Labute approximate surface area is 174 Å². The van der Waals surface area contributed by atoms with E-state index in [1.54, 1.807) is 6.20 Å². The van der Waals surface area contributed by atoms with Gasteiger partial charge in [-0.1, -0.05) is 6.07 Å². The molecule has 29 heavy (non-hydrogen) atoms. The van der Waals surface area contributed by atoms with Crippen molar-refractivity contribution in [1.29, 1.82) is 0 Å². The van der Waals surface area contributed by atoms with Gasteiger partial charge in [-0.05, 0) is 50.6 Å². The average molecular weight is 412 g/mol. The molecule has 0 aliphatic rings. The zero-order valence-corrected chi connectivity index (χ0v) is 17.7. The number of hydrogen-bond donors (Lipinski definition) is 1. The van der Waals surface area contributed by atoms with Gasteiger partial charge in [-0.2, -0.15) is 0 Å². The smallest absolute Gasteiger partial charge is 0.226 e. The maximum atomic E-state index is 12.3. The lowest BCUT2D eigenvalue weighted by Gasteiger charge is -2.09. The Morgan fingerprint density at radius 2 is 1.97 bits per heavy atom. The molecule has 0 spiro atoms. The third-order valence-electron chi connectivity index (χ3n) is 3.95. The number of ether oxygens (including phenoxy) is 2. The van der Waals surface area contributed by atoms with Crippen LogP contribution < -0.4 is 14.8 Å². The van der Waals surface area contributed by atoms with E-state index >= 15 is 0 Å². The fraction of sp³-hybridized carbons (Fsp3) is 0.318. The lowest BCUT2D eigenvalue weighted by atomic mass is 10.2. The summed E-state index contributed by atoms with van der Waals surface area (Å²) >= 11 is 1.53. The monoisotopic (exact) mass is 411 g/mol. The van der Waals surface area contributed by atoms with Gasteiger partial charge in [0.1, 0.15) is 10.8 Å². The molecule has 0 saturated carbocycles. The normalized spacial score (nSPS) is 10.8. The number of aromatic nitrogens is 2. The number of carbonyl (C=O) groups excluding carboxylic acids is 1. The van der Waals surface area contributed by atoms with E-state index in [0.717, 1.165) is 27.6 Å². The Morgan fingerprint density at radius 1 is 1.17 bits per heavy atom. The SMILES string of the molecule is CCOc1ccc(-c2nc(CC(=O)NCc3ccc(OC(C)C)nc3)cs2)cc1. The van der Waals surface area contributed by atoms with Crippen LogP contribution in [0, 0.1) is 0 Å². The van der Waals surface area contributed by atoms with Crippen LogP contribution >= 0.6 is 11.3 Å². The van der Waals surface area contributed by atoms with Crippen LogP contribution in [0.4, 0.5) is 0 Å². The molecule has 3 rings (SSSR count). The van der Waals surface area contributed by atoms with Gasteiger partial charge >= 0.3 is 0 Å². The second-order valence-electron chi connectivity index (χ2n) is 6.73.